The van der Waals surface area contributed by atoms with E-state index < -0.39 is 17.4 Å². The third-order valence-electron chi connectivity index (χ3n) is 4.00. The molecule has 1 heterocycles. The molecular weight excluding hydrogens is 260 g/mol. The van der Waals surface area contributed by atoms with Crippen LogP contribution in [-0.4, -0.2) is 33.9 Å². The molecule has 6 nitrogen and oxygen atoms in total. The number of carboxylic acid groups (broad SMARTS) is 1. The van der Waals surface area contributed by atoms with E-state index in [1.165, 1.54) is 26.9 Å². The van der Waals surface area contributed by atoms with Crippen LogP contribution in [0.5, 0.6) is 0 Å². The lowest BCUT2D eigenvalue weighted by Crippen LogP contribution is -2.39. The molecule has 0 aliphatic heterocycles. The molecule has 20 heavy (non-hydrogen) atoms. The number of aromatic nitrogens is 2. The number of aliphatic carboxylic acids is 1. The molecule has 1 aliphatic rings. The third-order valence-corrected chi connectivity index (χ3v) is 4.00. The van der Waals surface area contributed by atoms with Crippen LogP contribution >= 0.6 is 0 Å². The standard InChI is InChI=1S/C14H20N2O4/c1-14(12(17)18,13(19)20-2)9-10-7-8-16(15-10)11-5-3-4-6-11/h7-8,11H,3-6,9H2,1-2H3,(H,17,18). The molecule has 1 unspecified atom stereocenters. The first-order valence-corrected chi connectivity index (χ1v) is 6.83. The van der Waals surface area contributed by atoms with Crippen LogP contribution in [0.4, 0.5) is 0 Å². The summed E-state index contributed by atoms with van der Waals surface area (Å²) in [4.78, 5) is 23.1. The molecular formula is C14H20N2O4. The van der Waals surface area contributed by atoms with E-state index >= 15 is 0 Å². The first-order valence-electron chi connectivity index (χ1n) is 6.83. The van der Waals surface area contributed by atoms with Gasteiger partial charge < -0.3 is 9.84 Å². The van der Waals surface area contributed by atoms with Crippen LogP contribution in [0.2, 0.25) is 0 Å². The number of esters is 1. The van der Waals surface area contributed by atoms with Crippen molar-refractivity contribution in [3.63, 3.8) is 0 Å². The summed E-state index contributed by atoms with van der Waals surface area (Å²) >= 11 is 0. The van der Waals surface area contributed by atoms with Gasteiger partial charge in [-0.1, -0.05) is 12.8 Å². The van der Waals surface area contributed by atoms with Crippen molar-refractivity contribution in [2.75, 3.05) is 7.11 Å². The highest BCUT2D eigenvalue weighted by Gasteiger charge is 2.43. The van der Waals surface area contributed by atoms with Gasteiger partial charge in [0.2, 0.25) is 0 Å². The fraction of sp³-hybridized carbons (Fsp3) is 0.643. The van der Waals surface area contributed by atoms with E-state index in [9.17, 15) is 14.7 Å². The molecule has 0 saturated heterocycles. The maximum atomic E-state index is 11.7. The van der Waals surface area contributed by atoms with Gasteiger partial charge in [0.25, 0.3) is 0 Å². The number of carbonyl (C=O) groups is 2. The Bertz CT molecular complexity index is 505. The van der Waals surface area contributed by atoms with Crippen LogP contribution in [-0.2, 0) is 20.7 Å². The highest BCUT2D eigenvalue weighted by molar-refractivity contribution is 5.98. The van der Waals surface area contributed by atoms with E-state index in [0.29, 0.717) is 11.7 Å². The van der Waals surface area contributed by atoms with Crippen LogP contribution < -0.4 is 0 Å². The molecule has 0 spiro atoms. The molecule has 1 aromatic rings. The average Bonchev–Trinajstić information content (AvgIpc) is 3.07. The van der Waals surface area contributed by atoms with Gasteiger partial charge in [0.15, 0.2) is 5.41 Å². The molecule has 110 valence electrons. The van der Waals surface area contributed by atoms with E-state index in [2.05, 4.69) is 9.84 Å². The van der Waals surface area contributed by atoms with Gasteiger partial charge in [-0.15, -0.1) is 0 Å². The molecule has 1 N–H and O–H groups in total. The molecule has 6 heteroatoms. The summed E-state index contributed by atoms with van der Waals surface area (Å²) in [5.41, 5.74) is -0.990. The minimum absolute atomic E-state index is 0.0364. The van der Waals surface area contributed by atoms with Crippen LogP contribution in [0.3, 0.4) is 0 Å². The van der Waals surface area contributed by atoms with E-state index in [1.807, 2.05) is 10.9 Å². The predicted molar refractivity (Wildman–Crippen MR) is 71.2 cm³/mol. The Morgan fingerprint density at radius 2 is 2.15 bits per heavy atom. The second-order valence-electron chi connectivity index (χ2n) is 5.53. The van der Waals surface area contributed by atoms with Gasteiger partial charge >= 0.3 is 11.9 Å². The van der Waals surface area contributed by atoms with Crippen LogP contribution in [0.15, 0.2) is 12.3 Å². The molecule has 1 fully saturated rings. The van der Waals surface area contributed by atoms with Gasteiger partial charge in [0.1, 0.15) is 0 Å². The molecule has 1 saturated carbocycles. The SMILES string of the molecule is COC(=O)C(C)(Cc1ccn(C2CCCC2)n1)C(=O)O. The fourth-order valence-corrected chi connectivity index (χ4v) is 2.67. The molecule has 0 bridgehead atoms. The smallest absolute Gasteiger partial charge is 0.323 e. The zero-order valence-electron chi connectivity index (χ0n) is 11.8. The Morgan fingerprint density at radius 1 is 1.50 bits per heavy atom. The Morgan fingerprint density at radius 3 is 2.70 bits per heavy atom. The van der Waals surface area contributed by atoms with Gasteiger partial charge in [-0.25, -0.2) is 0 Å². The number of rotatable bonds is 5. The highest BCUT2D eigenvalue weighted by atomic mass is 16.5. The number of methoxy groups -OCH3 is 1. The van der Waals surface area contributed by atoms with Crippen molar-refractivity contribution < 1.29 is 19.4 Å². The minimum atomic E-state index is -1.59. The molecule has 0 amide bonds. The number of carboxylic acids is 1. The molecule has 1 aliphatic carbocycles. The number of ether oxygens (including phenoxy) is 1. The monoisotopic (exact) mass is 280 g/mol. The van der Waals surface area contributed by atoms with Crippen molar-refractivity contribution in [2.45, 2.75) is 45.1 Å². The molecule has 2 rings (SSSR count). The zero-order chi connectivity index (χ0) is 14.8. The number of hydrogen-bond acceptors (Lipinski definition) is 4. The molecule has 0 radical (unpaired) electrons. The summed E-state index contributed by atoms with van der Waals surface area (Å²) in [7, 11) is 1.20. The summed E-state index contributed by atoms with van der Waals surface area (Å²) in [6.07, 6.45) is 6.52. The van der Waals surface area contributed by atoms with Crippen LogP contribution in [0.25, 0.3) is 0 Å². The third kappa shape index (κ3) is 2.69. The van der Waals surface area contributed by atoms with Gasteiger partial charge in [-0.2, -0.15) is 5.10 Å². The minimum Gasteiger partial charge on any atom is -0.480 e. The maximum Gasteiger partial charge on any atom is 0.323 e. The quantitative estimate of drug-likeness (QED) is 0.657. The van der Waals surface area contributed by atoms with E-state index in [4.69, 9.17) is 0 Å². The topological polar surface area (TPSA) is 81.4 Å². The summed E-state index contributed by atoms with van der Waals surface area (Å²) < 4.78 is 6.49. The van der Waals surface area contributed by atoms with Crippen LogP contribution in [0.1, 0.15) is 44.3 Å². The van der Waals surface area contributed by atoms with Crippen molar-refractivity contribution in [3.8, 4) is 0 Å². The maximum absolute atomic E-state index is 11.7. The van der Waals surface area contributed by atoms with E-state index in [0.717, 1.165) is 12.8 Å². The predicted octanol–water partition coefficient (Wildman–Crippen LogP) is 1.80. The van der Waals surface area contributed by atoms with Gasteiger partial charge in [-0.05, 0) is 25.8 Å². The lowest BCUT2D eigenvalue weighted by molar-refractivity contribution is -0.165. The summed E-state index contributed by atoms with van der Waals surface area (Å²) in [6.45, 7) is 1.37. The number of nitrogens with zero attached hydrogens (tertiary/aromatic N) is 2. The molecule has 1 aromatic heterocycles. The Hall–Kier alpha value is -1.85. The Balaban J connectivity index is 2.15. The largest absolute Gasteiger partial charge is 0.480 e. The van der Waals surface area contributed by atoms with Gasteiger partial charge in [-0.3, -0.25) is 14.3 Å². The molecule has 0 aromatic carbocycles. The zero-order valence-corrected chi connectivity index (χ0v) is 11.8. The van der Waals surface area contributed by atoms with Crippen molar-refractivity contribution >= 4 is 11.9 Å². The lowest BCUT2D eigenvalue weighted by Gasteiger charge is -2.20. The first kappa shape index (κ1) is 14.6. The number of hydrogen-bond donors (Lipinski definition) is 1. The van der Waals surface area contributed by atoms with E-state index in [1.54, 1.807) is 6.07 Å². The van der Waals surface area contributed by atoms with Crippen molar-refractivity contribution in [1.29, 1.82) is 0 Å². The number of carbonyl (C=O) groups excluding carboxylic acids is 1. The lowest BCUT2D eigenvalue weighted by atomic mass is 9.85. The van der Waals surface area contributed by atoms with E-state index in [-0.39, 0.29) is 6.42 Å². The first-order chi connectivity index (χ1) is 9.47. The summed E-state index contributed by atoms with van der Waals surface area (Å²) in [6, 6.07) is 2.18. The van der Waals surface area contributed by atoms with Crippen molar-refractivity contribution in [2.24, 2.45) is 5.41 Å². The fourth-order valence-electron chi connectivity index (χ4n) is 2.67. The average molecular weight is 280 g/mol. The second kappa shape index (κ2) is 5.64. The highest BCUT2D eigenvalue weighted by Crippen LogP contribution is 2.30. The second-order valence-corrected chi connectivity index (χ2v) is 5.53. The Labute approximate surface area is 117 Å². The Kier molecular flexibility index (Phi) is 4.11. The van der Waals surface area contributed by atoms with Crippen molar-refractivity contribution in [1.82, 2.24) is 9.78 Å². The molecule has 1 atom stereocenters. The van der Waals surface area contributed by atoms with Gasteiger partial charge in [0, 0.05) is 12.6 Å². The summed E-state index contributed by atoms with van der Waals surface area (Å²) in [5, 5.41) is 13.7. The van der Waals surface area contributed by atoms with Crippen LogP contribution in [0, 0.1) is 5.41 Å². The van der Waals surface area contributed by atoms with Crippen molar-refractivity contribution in [3.05, 3.63) is 18.0 Å². The normalized spacial score (nSPS) is 18.7. The van der Waals surface area contributed by atoms with Gasteiger partial charge in [0.05, 0.1) is 18.8 Å². The summed E-state index contributed by atoms with van der Waals surface area (Å²) in [5.74, 6) is -1.94.